The van der Waals surface area contributed by atoms with E-state index >= 15 is 0 Å². The highest BCUT2D eigenvalue weighted by Crippen LogP contribution is 2.33. The average molecular weight is 378 g/mol. The summed E-state index contributed by atoms with van der Waals surface area (Å²) >= 11 is 3.44. The summed E-state index contributed by atoms with van der Waals surface area (Å²) in [6.07, 6.45) is 0. The van der Waals surface area contributed by atoms with Crippen molar-refractivity contribution in [2.45, 2.75) is 6.54 Å². The minimum atomic E-state index is -0.0923. The van der Waals surface area contributed by atoms with Crippen LogP contribution in [-0.4, -0.2) is 31.8 Å². The molecule has 0 unspecified atom stereocenters. The first-order valence-corrected chi connectivity index (χ1v) is 7.85. The Morgan fingerprint density at radius 2 is 2.00 bits per heavy atom. The van der Waals surface area contributed by atoms with Gasteiger partial charge in [-0.15, -0.1) is 0 Å². The van der Waals surface area contributed by atoms with E-state index in [1.165, 1.54) is 0 Å². The van der Waals surface area contributed by atoms with Gasteiger partial charge in [0.25, 0.3) is 5.91 Å². The van der Waals surface area contributed by atoms with Crippen LogP contribution < -0.4 is 14.2 Å². The molecule has 2 aromatic carbocycles. The highest BCUT2D eigenvalue weighted by atomic mass is 79.9. The number of rotatable bonds is 4. The summed E-state index contributed by atoms with van der Waals surface area (Å²) in [6.45, 7) is 0.633. The van der Waals surface area contributed by atoms with E-state index in [1.807, 2.05) is 18.2 Å². The molecular formula is C17H16BrNO4. The van der Waals surface area contributed by atoms with Crippen molar-refractivity contribution in [2.75, 3.05) is 21.0 Å². The molecule has 0 bridgehead atoms. The van der Waals surface area contributed by atoms with Crippen LogP contribution in [-0.2, 0) is 6.54 Å². The van der Waals surface area contributed by atoms with Gasteiger partial charge in [-0.2, -0.15) is 0 Å². The summed E-state index contributed by atoms with van der Waals surface area (Å²) in [5.74, 6) is 1.92. The van der Waals surface area contributed by atoms with E-state index in [2.05, 4.69) is 15.9 Å². The zero-order valence-electron chi connectivity index (χ0n) is 12.8. The smallest absolute Gasteiger partial charge is 0.254 e. The number of methoxy groups -OCH3 is 1. The maximum absolute atomic E-state index is 12.6. The van der Waals surface area contributed by atoms with Crippen LogP contribution in [0, 0.1) is 0 Å². The van der Waals surface area contributed by atoms with Crippen molar-refractivity contribution in [3.05, 3.63) is 52.0 Å². The van der Waals surface area contributed by atoms with Crippen LogP contribution in [0.5, 0.6) is 17.2 Å². The largest absolute Gasteiger partial charge is 0.496 e. The van der Waals surface area contributed by atoms with E-state index in [1.54, 1.807) is 37.3 Å². The fourth-order valence-electron chi connectivity index (χ4n) is 2.45. The van der Waals surface area contributed by atoms with Crippen LogP contribution in [0.1, 0.15) is 15.9 Å². The van der Waals surface area contributed by atoms with Crippen LogP contribution in [0.3, 0.4) is 0 Å². The molecule has 0 radical (unpaired) electrons. The van der Waals surface area contributed by atoms with Gasteiger partial charge in [0.1, 0.15) is 5.75 Å². The molecule has 120 valence electrons. The van der Waals surface area contributed by atoms with Crippen LogP contribution in [0.4, 0.5) is 0 Å². The van der Waals surface area contributed by atoms with Gasteiger partial charge in [0, 0.05) is 29.2 Å². The van der Waals surface area contributed by atoms with E-state index in [0.29, 0.717) is 23.6 Å². The summed E-state index contributed by atoms with van der Waals surface area (Å²) in [4.78, 5) is 14.3. The van der Waals surface area contributed by atoms with Crippen molar-refractivity contribution in [1.82, 2.24) is 4.90 Å². The van der Waals surface area contributed by atoms with E-state index in [4.69, 9.17) is 14.2 Å². The van der Waals surface area contributed by atoms with Crippen molar-refractivity contribution in [1.29, 1.82) is 0 Å². The molecule has 0 fully saturated rings. The van der Waals surface area contributed by atoms with Gasteiger partial charge in [0.05, 0.1) is 7.11 Å². The van der Waals surface area contributed by atoms with E-state index < -0.39 is 0 Å². The van der Waals surface area contributed by atoms with E-state index in [9.17, 15) is 4.79 Å². The fraction of sp³-hybridized carbons (Fsp3) is 0.235. The SMILES string of the molecule is COc1ccc(Br)cc1CN(C)C(=O)c1ccc2c(c1)OCO2. The Kier molecular flexibility index (Phi) is 4.43. The third kappa shape index (κ3) is 3.27. The molecule has 0 aromatic heterocycles. The first-order chi connectivity index (χ1) is 11.1. The zero-order valence-corrected chi connectivity index (χ0v) is 14.4. The van der Waals surface area contributed by atoms with Gasteiger partial charge >= 0.3 is 0 Å². The van der Waals surface area contributed by atoms with Crippen LogP contribution in [0.25, 0.3) is 0 Å². The monoisotopic (exact) mass is 377 g/mol. The summed E-state index contributed by atoms with van der Waals surface area (Å²) in [5.41, 5.74) is 1.49. The van der Waals surface area contributed by atoms with E-state index in [0.717, 1.165) is 15.8 Å². The molecule has 23 heavy (non-hydrogen) atoms. The second-order valence-corrected chi connectivity index (χ2v) is 6.10. The molecule has 1 heterocycles. The minimum absolute atomic E-state index is 0.0923. The van der Waals surface area contributed by atoms with Gasteiger partial charge in [-0.3, -0.25) is 4.79 Å². The number of carbonyl (C=O) groups is 1. The Morgan fingerprint density at radius 3 is 2.78 bits per heavy atom. The average Bonchev–Trinajstić information content (AvgIpc) is 3.01. The van der Waals surface area contributed by atoms with Crippen molar-refractivity contribution in [3.63, 3.8) is 0 Å². The van der Waals surface area contributed by atoms with Gasteiger partial charge in [-0.05, 0) is 36.4 Å². The van der Waals surface area contributed by atoms with Gasteiger partial charge in [0.2, 0.25) is 6.79 Å². The number of amides is 1. The van der Waals surface area contributed by atoms with Crippen molar-refractivity contribution < 1.29 is 19.0 Å². The lowest BCUT2D eigenvalue weighted by Gasteiger charge is -2.19. The molecule has 5 nitrogen and oxygen atoms in total. The number of hydrogen-bond acceptors (Lipinski definition) is 4. The van der Waals surface area contributed by atoms with Crippen LogP contribution in [0.15, 0.2) is 40.9 Å². The quantitative estimate of drug-likeness (QED) is 0.818. The topological polar surface area (TPSA) is 48.0 Å². The lowest BCUT2D eigenvalue weighted by Crippen LogP contribution is -2.26. The molecule has 3 rings (SSSR count). The molecule has 0 saturated carbocycles. The van der Waals surface area contributed by atoms with Gasteiger partial charge in [-0.25, -0.2) is 0 Å². The number of halogens is 1. The molecular weight excluding hydrogens is 362 g/mol. The van der Waals surface area contributed by atoms with Gasteiger partial charge in [0.15, 0.2) is 11.5 Å². The Hall–Kier alpha value is -2.21. The predicted molar refractivity (Wildman–Crippen MR) is 89.1 cm³/mol. The lowest BCUT2D eigenvalue weighted by atomic mass is 10.1. The summed E-state index contributed by atoms with van der Waals surface area (Å²) < 4.78 is 16.9. The number of benzene rings is 2. The molecule has 1 amide bonds. The Morgan fingerprint density at radius 1 is 1.22 bits per heavy atom. The normalized spacial score (nSPS) is 12.1. The maximum atomic E-state index is 12.6. The molecule has 0 saturated heterocycles. The molecule has 0 spiro atoms. The third-order valence-corrected chi connectivity index (χ3v) is 4.11. The molecule has 0 N–H and O–H groups in total. The van der Waals surface area contributed by atoms with E-state index in [-0.39, 0.29) is 12.7 Å². The predicted octanol–water partition coefficient (Wildman–Crippen LogP) is 3.46. The molecule has 1 aliphatic rings. The molecule has 2 aromatic rings. The molecule has 0 aliphatic carbocycles. The highest BCUT2D eigenvalue weighted by molar-refractivity contribution is 9.10. The molecule has 1 aliphatic heterocycles. The number of carbonyl (C=O) groups excluding carboxylic acids is 1. The molecule has 6 heteroatoms. The first-order valence-electron chi connectivity index (χ1n) is 7.06. The standard InChI is InChI=1S/C17H16BrNO4/c1-19(9-12-7-13(18)4-6-14(12)21-2)17(20)11-3-5-15-16(8-11)23-10-22-15/h3-8H,9-10H2,1-2H3. The Balaban J connectivity index is 1.79. The second kappa shape index (κ2) is 6.50. The van der Waals surface area contributed by atoms with Crippen molar-refractivity contribution in [2.24, 2.45) is 0 Å². The van der Waals surface area contributed by atoms with Crippen LogP contribution in [0.2, 0.25) is 0 Å². The number of ether oxygens (including phenoxy) is 3. The zero-order chi connectivity index (χ0) is 16.4. The third-order valence-electron chi connectivity index (χ3n) is 3.62. The summed E-state index contributed by atoms with van der Waals surface area (Å²) in [7, 11) is 3.37. The minimum Gasteiger partial charge on any atom is -0.496 e. The van der Waals surface area contributed by atoms with Gasteiger partial charge in [-0.1, -0.05) is 15.9 Å². The first kappa shape index (κ1) is 15.7. The Labute approximate surface area is 142 Å². The molecule has 0 atom stereocenters. The summed E-state index contributed by atoms with van der Waals surface area (Å²) in [5, 5.41) is 0. The van der Waals surface area contributed by atoms with Crippen molar-refractivity contribution >= 4 is 21.8 Å². The second-order valence-electron chi connectivity index (χ2n) is 5.19. The highest BCUT2D eigenvalue weighted by Gasteiger charge is 2.19. The number of fused-ring (bicyclic) bond motifs is 1. The lowest BCUT2D eigenvalue weighted by molar-refractivity contribution is 0.0783. The Bertz CT molecular complexity index is 747. The maximum Gasteiger partial charge on any atom is 0.254 e. The van der Waals surface area contributed by atoms with Gasteiger partial charge < -0.3 is 19.1 Å². The number of hydrogen-bond donors (Lipinski definition) is 0. The fourth-order valence-corrected chi connectivity index (χ4v) is 2.86. The van der Waals surface area contributed by atoms with Crippen molar-refractivity contribution in [3.8, 4) is 17.2 Å². The summed E-state index contributed by atoms with van der Waals surface area (Å²) in [6, 6.07) is 10.9. The van der Waals surface area contributed by atoms with Crippen LogP contribution >= 0.6 is 15.9 Å². The number of nitrogens with zero attached hydrogens (tertiary/aromatic N) is 1.